The maximum atomic E-state index is 15.4. The number of carbonyl (C=O) groups is 4. The molecule has 3 aromatic carbocycles. The van der Waals surface area contributed by atoms with Gasteiger partial charge in [-0.1, -0.05) is 32.0 Å². The summed E-state index contributed by atoms with van der Waals surface area (Å²) in [6.45, 7) is 9.82. The van der Waals surface area contributed by atoms with E-state index in [2.05, 4.69) is 15.6 Å². The largest absolute Gasteiger partial charge is 0.464 e. The average Bonchev–Trinajstić information content (AvgIpc) is 3.09. The molecule has 4 aromatic rings. The molecule has 0 saturated heterocycles. The van der Waals surface area contributed by atoms with E-state index in [-0.39, 0.29) is 63.2 Å². The zero-order chi connectivity index (χ0) is 39.7. The number of hydrogen-bond acceptors (Lipinski definition) is 10. The summed E-state index contributed by atoms with van der Waals surface area (Å²) in [5.41, 5.74) is 1.97. The first-order valence-corrected chi connectivity index (χ1v) is 18.7. The van der Waals surface area contributed by atoms with Crippen molar-refractivity contribution in [3.63, 3.8) is 0 Å². The number of rotatable bonds is 5. The van der Waals surface area contributed by atoms with E-state index in [0.29, 0.717) is 10.5 Å². The van der Waals surface area contributed by atoms with Gasteiger partial charge in [0.25, 0.3) is 0 Å². The van der Waals surface area contributed by atoms with Gasteiger partial charge in [0.1, 0.15) is 17.5 Å². The summed E-state index contributed by atoms with van der Waals surface area (Å²) in [5.74, 6) is -2.09. The molecule has 2 atom stereocenters. The van der Waals surface area contributed by atoms with Gasteiger partial charge < -0.3 is 24.8 Å². The fourth-order valence-electron chi connectivity index (χ4n) is 6.15. The molecule has 3 N–H and O–H groups in total. The van der Waals surface area contributed by atoms with Crippen LogP contribution in [0.2, 0.25) is 0 Å². The molecular formula is C38H42FN5O9S. The fourth-order valence-corrected chi connectivity index (χ4v) is 7.26. The summed E-state index contributed by atoms with van der Waals surface area (Å²) >= 11 is 0. The Labute approximate surface area is 312 Å². The highest BCUT2D eigenvalue weighted by Crippen LogP contribution is 2.34. The van der Waals surface area contributed by atoms with Crippen molar-refractivity contribution in [3.05, 3.63) is 88.9 Å². The van der Waals surface area contributed by atoms with Gasteiger partial charge in [-0.25, -0.2) is 32.2 Å². The minimum atomic E-state index is -3.74. The van der Waals surface area contributed by atoms with Crippen LogP contribution in [0, 0.1) is 12.7 Å². The van der Waals surface area contributed by atoms with E-state index in [1.54, 1.807) is 26.8 Å². The highest BCUT2D eigenvalue weighted by molar-refractivity contribution is 7.91. The van der Waals surface area contributed by atoms with Crippen LogP contribution < -0.4 is 15.5 Å². The number of hydrogen-bond donors (Lipinski definition) is 3. The van der Waals surface area contributed by atoms with Gasteiger partial charge in [-0.2, -0.15) is 4.90 Å². The lowest BCUT2D eigenvalue weighted by Gasteiger charge is -2.28. The normalized spacial score (nSPS) is 16.8. The van der Waals surface area contributed by atoms with Crippen molar-refractivity contribution in [2.45, 2.75) is 70.5 Å². The Balaban J connectivity index is 1.60. The first kappa shape index (κ1) is 39.4. The van der Waals surface area contributed by atoms with Crippen LogP contribution in [0.25, 0.3) is 10.8 Å². The molecule has 4 amide bonds. The van der Waals surface area contributed by atoms with Gasteiger partial charge >= 0.3 is 18.3 Å². The minimum absolute atomic E-state index is 0.000725. The summed E-state index contributed by atoms with van der Waals surface area (Å²) in [7, 11) is -2.23. The molecule has 286 valence electrons. The highest BCUT2D eigenvalue weighted by Gasteiger charge is 2.32. The van der Waals surface area contributed by atoms with Crippen LogP contribution >= 0.6 is 0 Å². The molecular weight excluding hydrogens is 722 g/mol. The lowest BCUT2D eigenvalue weighted by atomic mass is 9.93. The van der Waals surface area contributed by atoms with Crippen LogP contribution in [0.3, 0.4) is 0 Å². The number of benzene rings is 3. The maximum Gasteiger partial charge on any atom is 0.425 e. The van der Waals surface area contributed by atoms with E-state index in [4.69, 9.17) is 9.47 Å². The summed E-state index contributed by atoms with van der Waals surface area (Å²) < 4.78 is 52.4. The molecule has 0 saturated carbocycles. The summed E-state index contributed by atoms with van der Waals surface area (Å²) in [4.78, 5) is 57.8. The lowest BCUT2D eigenvalue weighted by Crippen LogP contribution is -2.40. The van der Waals surface area contributed by atoms with Crippen molar-refractivity contribution in [3.8, 4) is 0 Å². The molecule has 0 aliphatic carbocycles. The summed E-state index contributed by atoms with van der Waals surface area (Å²) in [6.07, 6.45) is -2.84. The van der Waals surface area contributed by atoms with Crippen molar-refractivity contribution in [2.75, 3.05) is 34.9 Å². The zero-order valence-electron chi connectivity index (χ0n) is 30.9. The Bertz CT molecular complexity index is 2260. The third kappa shape index (κ3) is 8.54. The van der Waals surface area contributed by atoms with E-state index < -0.39 is 51.5 Å². The van der Waals surface area contributed by atoms with E-state index >= 15 is 4.39 Å². The van der Waals surface area contributed by atoms with Crippen LogP contribution in [0.5, 0.6) is 0 Å². The number of likely N-dealkylation sites (N-methyl/N-ethyl adjacent to an activating group) is 1. The van der Waals surface area contributed by atoms with Crippen LogP contribution in [-0.2, 0) is 30.7 Å². The quantitative estimate of drug-likeness (QED) is 0.184. The number of fused-ring (bicyclic) bond motifs is 10. The predicted molar refractivity (Wildman–Crippen MR) is 200 cm³/mol. The number of carbonyl (C=O) groups excluding carboxylic acids is 3. The second-order valence-corrected chi connectivity index (χ2v) is 16.3. The first-order chi connectivity index (χ1) is 25.3. The molecule has 4 bridgehead atoms. The number of carboxylic acid groups (broad SMARTS) is 1. The van der Waals surface area contributed by atoms with Crippen LogP contribution in [0.1, 0.15) is 68.8 Å². The molecule has 0 spiro atoms. The third-order valence-corrected chi connectivity index (χ3v) is 10.6. The third-order valence-electron chi connectivity index (χ3n) is 8.78. The fraction of sp³-hybridized carbons (Fsp3) is 0.342. The van der Waals surface area contributed by atoms with Gasteiger partial charge in [0, 0.05) is 41.7 Å². The highest BCUT2D eigenvalue weighted by atomic mass is 32.2. The van der Waals surface area contributed by atoms with Gasteiger partial charge in [0.05, 0.1) is 23.5 Å². The Morgan fingerprint density at radius 2 is 1.83 bits per heavy atom. The average molecular weight is 764 g/mol. The molecule has 3 heterocycles. The Kier molecular flexibility index (Phi) is 11.2. The Hall–Kier alpha value is -5.77. The molecule has 54 heavy (non-hydrogen) atoms. The molecule has 0 fully saturated rings. The van der Waals surface area contributed by atoms with Crippen molar-refractivity contribution in [1.29, 1.82) is 0 Å². The smallest absolute Gasteiger partial charge is 0.425 e. The van der Waals surface area contributed by atoms with Gasteiger partial charge in [0.2, 0.25) is 5.91 Å². The minimum Gasteiger partial charge on any atom is -0.464 e. The van der Waals surface area contributed by atoms with E-state index in [9.17, 15) is 32.7 Å². The number of imide groups is 1. The number of sulfone groups is 1. The van der Waals surface area contributed by atoms with Crippen LogP contribution in [0.15, 0.2) is 65.7 Å². The monoisotopic (exact) mass is 763 g/mol. The molecule has 6 rings (SSSR count). The second-order valence-electron chi connectivity index (χ2n) is 14.0. The number of anilines is 3. The van der Waals surface area contributed by atoms with Crippen LogP contribution in [-0.4, -0.2) is 72.6 Å². The molecule has 2 aliphatic rings. The number of halogens is 1. The van der Waals surface area contributed by atoms with Crippen LogP contribution in [0.4, 0.5) is 36.0 Å². The topological polar surface area (TPSA) is 185 Å². The summed E-state index contributed by atoms with van der Waals surface area (Å²) in [5, 5.41) is 15.7. The maximum absolute atomic E-state index is 15.4. The first-order valence-electron chi connectivity index (χ1n) is 17.0. The molecule has 16 heteroatoms. The summed E-state index contributed by atoms with van der Waals surface area (Å²) in [6, 6.07) is 12.9. The molecule has 2 aliphatic heterocycles. The molecule has 0 unspecified atom stereocenters. The lowest BCUT2D eigenvalue weighted by molar-refractivity contribution is -0.131. The van der Waals surface area contributed by atoms with Gasteiger partial charge in [-0.3, -0.25) is 10.1 Å². The molecule has 1 aromatic heterocycles. The number of nitrogens with one attached hydrogen (secondary N) is 2. The number of amides is 4. The van der Waals surface area contributed by atoms with E-state index in [1.165, 1.54) is 55.3 Å². The van der Waals surface area contributed by atoms with Gasteiger partial charge in [0.15, 0.2) is 15.7 Å². The van der Waals surface area contributed by atoms with Gasteiger partial charge in [-0.15, -0.1) is 0 Å². The SMILES string of the molecule is CCS(=O)(=O)c1ccc2cc1CN(C)C(=O)[C@H](Nc1ccc3c(N(C(=O)O)C(=O)OC(C)(C)C)ncc(F)c3c1)c1ccc(c(C)c1)[C@@H](C)COC(=O)N2. The number of pyridine rings is 1. The Morgan fingerprint density at radius 3 is 2.48 bits per heavy atom. The number of ether oxygens (including phenoxy) is 2. The Morgan fingerprint density at radius 1 is 1.11 bits per heavy atom. The van der Waals surface area contributed by atoms with Crippen molar-refractivity contribution < 1.29 is 46.6 Å². The zero-order valence-corrected chi connectivity index (χ0v) is 31.7. The predicted octanol–water partition coefficient (Wildman–Crippen LogP) is 7.37. The van der Waals surface area contributed by atoms with Crippen molar-refractivity contribution >= 4 is 62.0 Å². The number of aromatic nitrogens is 1. The standard InChI is InChI=1S/C38H42FN5O9S/c1-8-54(50,51)31-14-11-25-16-24(31)19-43(7)34(45)32(23-9-12-27(21(2)15-23)22(3)20-52-35(46)42-25)41-26-10-13-28-29(17-26)30(39)18-40-33(28)44(36(47)48)37(49)53-38(4,5)6/h9-18,22,32,41H,8,19-20H2,1-7H3,(H,42,46)(H,47,48)/t22-,32+/m0/s1. The van der Waals surface area contributed by atoms with E-state index in [0.717, 1.165) is 17.3 Å². The van der Waals surface area contributed by atoms with Gasteiger partial charge in [-0.05, 0) is 86.3 Å². The van der Waals surface area contributed by atoms with E-state index in [1.807, 2.05) is 26.0 Å². The number of aryl methyl sites for hydroxylation is 1. The number of nitrogens with zero attached hydrogens (tertiary/aromatic N) is 3. The molecule has 14 nitrogen and oxygen atoms in total. The second kappa shape index (κ2) is 15.3. The van der Waals surface area contributed by atoms with Crippen molar-refractivity contribution in [2.24, 2.45) is 0 Å². The van der Waals surface area contributed by atoms with Crippen molar-refractivity contribution in [1.82, 2.24) is 9.88 Å². The molecule has 0 radical (unpaired) electrons.